The molecule has 3 aromatic carbocycles. The number of benzene rings is 3. The first-order valence-corrected chi connectivity index (χ1v) is 10.1. The summed E-state index contributed by atoms with van der Waals surface area (Å²) in [5.41, 5.74) is 2.83. The van der Waals surface area contributed by atoms with E-state index in [1.165, 1.54) is 12.1 Å². The third-order valence-electron chi connectivity index (χ3n) is 5.51. The Labute approximate surface area is 175 Å². The molecule has 5 heteroatoms. The van der Waals surface area contributed by atoms with E-state index in [4.69, 9.17) is 0 Å². The molecule has 0 saturated carbocycles. The van der Waals surface area contributed by atoms with E-state index in [0.717, 1.165) is 11.1 Å². The van der Waals surface area contributed by atoms with E-state index in [-0.39, 0.29) is 24.3 Å². The standard InChI is InChI=1S/C25H23FN2O2/c1-2-20(17-9-5-3-6-10-17)25(30)28-16-23(29)27-22-14-13-19(26)15-21(22)24(28)18-11-7-4-8-12-18/h3-15,20,24H,2,16H2,1H3,(H,27,29). The van der Waals surface area contributed by atoms with Crippen molar-refractivity contribution < 1.29 is 14.0 Å². The second-order valence-electron chi connectivity index (χ2n) is 7.43. The maximum Gasteiger partial charge on any atom is 0.244 e. The summed E-state index contributed by atoms with van der Waals surface area (Å²) in [6, 6.07) is 22.7. The second kappa shape index (κ2) is 8.49. The minimum atomic E-state index is -0.568. The number of hydrogen-bond donors (Lipinski definition) is 1. The van der Waals surface area contributed by atoms with Crippen LogP contribution in [0.5, 0.6) is 0 Å². The molecule has 0 saturated heterocycles. The summed E-state index contributed by atoms with van der Waals surface area (Å²) in [6.45, 7) is 1.86. The minimum absolute atomic E-state index is 0.0992. The van der Waals surface area contributed by atoms with Gasteiger partial charge in [0.1, 0.15) is 12.4 Å². The fraction of sp³-hybridized carbons (Fsp3) is 0.200. The van der Waals surface area contributed by atoms with Gasteiger partial charge in [-0.1, -0.05) is 67.6 Å². The average molecular weight is 402 g/mol. The first-order chi connectivity index (χ1) is 14.6. The topological polar surface area (TPSA) is 49.4 Å². The molecule has 0 radical (unpaired) electrons. The van der Waals surface area contributed by atoms with Gasteiger partial charge in [0.2, 0.25) is 11.8 Å². The molecule has 152 valence electrons. The average Bonchev–Trinajstić information content (AvgIpc) is 2.91. The molecule has 1 aliphatic rings. The third-order valence-corrected chi connectivity index (χ3v) is 5.51. The summed E-state index contributed by atoms with van der Waals surface area (Å²) in [5, 5.41) is 2.83. The Kier molecular flexibility index (Phi) is 5.61. The van der Waals surface area contributed by atoms with Crippen molar-refractivity contribution in [1.29, 1.82) is 0 Å². The lowest BCUT2D eigenvalue weighted by molar-refractivity contribution is -0.137. The van der Waals surface area contributed by atoms with Crippen molar-refractivity contribution in [2.24, 2.45) is 0 Å². The molecule has 0 bridgehead atoms. The van der Waals surface area contributed by atoms with Crippen LogP contribution in [0.15, 0.2) is 78.9 Å². The van der Waals surface area contributed by atoms with Gasteiger partial charge in [-0.25, -0.2) is 4.39 Å². The second-order valence-corrected chi connectivity index (χ2v) is 7.43. The summed E-state index contributed by atoms with van der Waals surface area (Å²) in [4.78, 5) is 28.0. The van der Waals surface area contributed by atoms with Crippen molar-refractivity contribution in [3.63, 3.8) is 0 Å². The van der Waals surface area contributed by atoms with E-state index in [0.29, 0.717) is 17.7 Å². The lowest BCUT2D eigenvalue weighted by atomic mass is 9.91. The number of halogens is 1. The van der Waals surface area contributed by atoms with E-state index in [2.05, 4.69) is 5.32 Å². The monoisotopic (exact) mass is 402 g/mol. The zero-order chi connectivity index (χ0) is 21.1. The Morgan fingerprint density at radius 1 is 1.07 bits per heavy atom. The molecule has 4 rings (SSSR count). The number of fused-ring (bicyclic) bond motifs is 1. The minimum Gasteiger partial charge on any atom is -0.324 e. The number of anilines is 1. The Morgan fingerprint density at radius 3 is 2.40 bits per heavy atom. The zero-order valence-corrected chi connectivity index (χ0v) is 16.7. The van der Waals surface area contributed by atoms with Gasteiger partial charge in [0.05, 0.1) is 12.0 Å². The third kappa shape index (κ3) is 3.83. The molecule has 0 aromatic heterocycles. The van der Waals surface area contributed by atoms with E-state index in [1.807, 2.05) is 67.6 Å². The van der Waals surface area contributed by atoms with Gasteiger partial charge in [-0.05, 0) is 35.7 Å². The van der Waals surface area contributed by atoms with Crippen LogP contribution in [0.1, 0.15) is 42.0 Å². The van der Waals surface area contributed by atoms with Crippen molar-refractivity contribution in [1.82, 2.24) is 4.90 Å². The highest BCUT2D eigenvalue weighted by atomic mass is 19.1. The van der Waals surface area contributed by atoms with Crippen LogP contribution in [0.4, 0.5) is 10.1 Å². The van der Waals surface area contributed by atoms with E-state index in [9.17, 15) is 14.0 Å². The maximum atomic E-state index is 14.2. The molecule has 2 atom stereocenters. The molecule has 1 heterocycles. The summed E-state index contributed by atoms with van der Waals surface area (Å²) in [7, 11) is 0. The number of hydrogen-bond acceptors (Lipinski definition) is 2. The molecule has 0 spiro atoms. The van der Waals surface area contributed by atoms with Crippen molar-refractivity contribution in [3.05, 3.63) is 101 Å². The lowest BCUT2D eigenvalue weighted by Gasteiger charge is -2.33. The van der Waals surface area contributed by atoms with Gasteiger partial charge in [-0.2, -0.15) is 0 Å². The van der Waals surface area contributed by atoms with Crippen LogP contribution in [0, 0.1) is 5.82 Å². The van der Waals surface area contributed by atoms with Crippen LogP contribution in [-0.2, 0) is 9.59 Å². The van der Waals surface area contributed by atoms with Crippen molar-refractivity contribution in [3.8, 4) is 0 Å². The van der Waals surface area contributed by atoms with Crippen LogP contribution in [0.25, 0.3) is 0 Å². The lowest BCUT2D eigenvalue weighted by Crippen LogP contribution is -2.41. The van der Waals surface area contributed by atoms with E-state index in [1.54, 1.807) is 11.0 Å². The molecule has 0 fully saturated rings. The van der Waals surface area contributed by atoms with Crippen LogP contribution in [0.3, 0.4) is 0 Å². The number of carbonyl (C=O) groups is 2. The van der Waals surface area contributed by atoms with Gasteiger partial charge in [0.15, 0.2) is 0 Å². The highest BCUT2D eigenvalue weighted by molar-refractivity contribution is 5.98. The normalized spacial score (nSPS) is 16.9. The molecule has 3 aromatic rings. The Balaban J connectivity index is 1.85. The molecule has 0 aliphatic carbocycles. The molecule has 2 amide bonds. The van der Waals surface area contributed by atoms with Gasteiger partial charge >= 0.3 is 0 Å². The van der Waals surface area contributed by atoms with Crippen LogP contribution in [0.2, 0.25) is 0 Å². The van der Waals surface area contributed by atoms with Gasteiger partial charge in [0, 0.05) is 11.3 Å². The molecule has 1 N–H and O–H groups in total. The number of nitrogens with one attached hydrogen (secondary N) is 1. The number of carbonyl (C=O) groups excluding carboxylic acids is 2. The van der Waals surface area contributed by atoms with E-state index < -0.39 is 11.9 Å². The Morgan fingerprint density at radius 2 is 1.73 bits per heavy atom. The smallest absolute Gasteiger partial charge is 0.244 e. The maximum absolute atomic E-state index is 14.2. The molecule has 1 aliphatic heterocycles. The summed E-state index contributed by atoms with van der Waals surface area (Å²) >= 11 is 0. The van der Waals surface area contributed by atoms with Gasteiger partial charge < -0.3 is 10.2 Å². The fourth-order valence-electron chi connectivity index (χ4n) is 4.12. The summed E-state index contributed by atoms with van der Waals surface area (Å²) in [5.74, 6) is -1.24. The molecule has 2 unspecified atom stereocenters. The Hall–Kier alpha value is -3.47. The fourth-order valence-corrected chi connectivity index (χ4v) is 4.12. The van der Waals surface area contributed by atoms with Crippen molar-refractivity contribution in [2.45, 2.75) is 25.3 Å². The zero-order valence-electron chi connectivity index (χ0n) is 16.7. The first-order valence-electron chi connectivity index (χ1n) is 10.1. The predicted octanol–water partition coefficient (Wildman–Crippen LogP) is 4.89. The van der Waals surface area contributed by atoms with Gasteiger partial charge in [-0.3, -0.25) is 9.59 Å². The van der Waals surface area contributed by atoms with Gasteiger partial charge in [-0.15, -0.1) is 0 Å². The van der Waals surface area contributed by atoms with E-state index >= 15 is 0 Å². The van der Waals surface area contributed by atoms with Crippen molar-refractivity contribution >= 4 is 17.5 Å². The number of nitrogens with zero attached hydrogens (tertiary/aromatic N) is 1. The summed E-state index contributed by atoms with van der Waals surface area (Å²) < 4.78 is 14.2. The SMILES string of the molecule is CCC(C(=O)N1CC(=O)Nc2ccc(F)cc2C1c1ccccc1)c1ccccc1. The highest BCUT2D eigenvalue weighted by Gasteiger charge is 2.36. The molecule has 4 nitrogen and oxygen atoms in total. The first kappa shape index (κ1) is 19.8. The number of rotatable bonds is 4. The van der Waals surface area contributed by atoms with Crippen molar-refractivity contribution in [2.75, 3.05) is 11.9 Å². The van der Waals surface area contributed by atoms with Crippen LogP contribution in [-0.4, -0.2) is 23.3 Å². The Bertz CT molecular complexity index is 1050. The van der Waals surface area contributed by atoms with Gasteiger partial charge in [0.25, 0.3) is 0 Å². The predicted molar refractivity (Wildman–Crippen MR) is 115 cm³/mol. The molecular weight excluding hydrogens is 379 g/mol. The molecular formula is C25H23FN2O2. The van der Waals surface area contributed by atoms with Crippen LogP contribution < -0.4 is 5.32 Å². The number of amides is 2. The largest absolute Gasteiger partial charge is 0.324 e. The molecule has 30 heavy (non-hydrogen) atoms. The highest BCUT2D eigenvalue weighted by Crippen LogP contribution is 2.38. The van der Waals surface area contributed by atoms with Crippen LogP contribution >= 0.6 is 0 Å². The quantitative estimate of drug-likeness (QED) is 0.676. The summed E-state index contributed by atoms with van der Waals surface area (Å²) in [6.07, 6.45) is 0.596.